The number of aldehydes is 1. The number of carbonyl (C=O) groups excluding carboxylic acids is 1. The lowest BCUT2D eigenvalue weighted by Gasteiger charge is -2.04. The first-order valence-corrected chi connectivity index (χ1v) is 8.01. The Morgan fingerprint density at radius 3 is 2.77 bits per heavy atom. The minimum atomic E-state index is -0.498. The molecule has 0 aliphatic carbocycles. The molecule has 1 N–H and O–H groups in total. The van der Waals surface area contributed by atoms with E-state index in [0.29, 0.717) is 12.0 Å². The average Bonchev–Trinajstić information content (AvgIpc) is 3.05. The summed E-state index contributed by atoms with van der Waals surface area (Å²) in [5, 5.41) is 0.241. The first-order valence-electron chi connectivity index (χ1n) is 7.25. The number of imidazole rings is 1. The number of carbonyl (C=O) groups is 1. The molecule has 2 heterocycles. The SMILES string of the molecule is Cc1cncn1-c1ccnc(Cl)n1.O=CCONc1ccc(F)c(Cl)c1. The molecule has 0 saturated heterocycles. The zero-order chi connectivity index (χ0) is 18.9. The van der Waals surface area contributed by atoms with Crippen LogP contribution in [0, 0.1) is 12.7 Å². The summed E-state index contributed by atoms with van der Waals surface area (Å²) in [6.07, 6.45) is 5.66. The van der Waals surface area contributed by atoms with Gasteiger partial charge in [0, 0.05) is 18.1 Å². The Morgan fingerprint density at radius 1 is 1.35 bits per heavy atom. The summed E-state index contributed by atoms with van der Waals surface area (Å²) in [5.41, 5.74) is 3.93. The maximum atomic E-state index is 12.6. The van der Waals surface area contributed by atoms with Gasteiger partial charge in [0.25, 0.3) is 0 Å². The lowest BCUT2D eigenvalue weighted by atomic mass is 10.3. The third kappa shape index (κ3) is 5.76. The molecule has 26 heavy (non-hydrogen) atoms. The van der Waals surface area contributed by atoms with Crippen LogP contribution in [0.15, 0.2) is 43.0 Å². The number of anilines is 1. The molecule has 0 fully saturated rings. The van der Waals surface area contributed by atoms with Crippen LogP contribution in [0.5, 0.6) is 0 Å². The molecule has 136 valence electrons. The second kappa shape index (κ2) is 9.81. The van der Waals surface area contributed by atoms with E-state index in [1.54, 1.807) is 24.8 Å². The van der Waals surface area contributed by atoms with Crippen LogP contribution in [0.3, 0.4) is 0 Å². The van der Waals surface area contributed by atoms with E-state index in [1.165, 1.54) is 18.2 Å². The van der Waals surface area contributed by atoms with Crippen LogP contribution in [0.4, 0.5) is 10.1 Å². The Morgan fingerprint density at radius 2 is 2.15 bits per heavy atom. The van der Waals surface area contributed by atoms with Crippen LogP contribution in [0.2, 0.25) is 10.3 Å². The lowest BCUT2D eigenvalue weighted by molar-refractivity contribution is -0.111. The fourth-order valence-corrected chi connectivity index (χ4v) is 2.10. The molecule has 2 aromatic heterocycles. The van der Waals surface area contributed by atoms with Gasteiger partial charge in [-0.15, -0.1) is 0 Å². The van der Waals surface area contributed by atoms with Gasteiger partial charge in [-0.05, 0) is 42.8 Å². The van der Waals surface area contributed by atoms with Crippen LogP contribution >= 0.6 is 23.2 Å². The van der Waals surface area contributed by atoms with Gasteiger partial charge in [-0.2, -0.15) is 4.98 Å². The van der Waals surface area contributed by atoms with E-state index in [4.69, 9.17) is 23.2 Å². The molecule has 0 aliphatic rings. The fourth-order valence-electron chi connectivity index (χ4n) is 1.78. The highest BCUT2D eigenvalue weighted by atomic mass is 35.5. The third-order valence-electron chi connectivity index (χ3n) is 2.94. The van der Waals surface area contributed by atoms with E-state index >= 15 is 0 Å². The summed E-state index contributed by atoms with van der Waals surface area (Å²) in [5.74, 6) is 0.234. The molecule has 10 heteroatoms. The molecule has 0 amide bonds. The number of nitrogens with one attached hydrogen (secondary N) is 1. The Balaban J connectivity index is 0.000000187. The number of aromatic nitrogens is 4. The van der Waals surface area contributed by atoms with E-state index in [-0.39, 0.29) is 16.9 Å². The zero-order valence-corrected chi connectivity index (χ0v) is 15.1. The molecule has 0 spiro atoms. The van der Waals surface area contributed by atoms with E-state index < -0.39 is 5.82 Å². The largest absolute Gasteiger partial charge is 0.301 e. The highest BCUT2D eigenvalue weighted by Crippen LogP contribution is 2.19. The fraction of sp³-hybridized carbons (Fsp3) is 0.125. The first-order chi connectivity index (χ1) is 12.5. The number of nitrogens with zero attached hydrogens (tertiary/aromatic N) is 4. The standard InChI is InChI=1S/C8H7ClFNO2.C8H7ClN4/c9-7-5-6(1-2-8(7)10)11-13-4-3-12;1-6-4-10-5-13(6)7-2-3-11-8(9)12-7/h1-3,5,11H,4H2;2-5H,1H3. The molecule has 0 atom stereocenters. The minimum Gasteiger partial charge on any atom is -0.301 e. The first kappa shape index (κ1) is 19.8. The van der Waals surface area contributed by atoms with Crippen molar-refractivity contribution < 1.29 is 14.0 Å². The highest BCUT2D eigenvalue weighted by Gasteiger charge is 2.01. The minimum absolute atomic E-state index is 0.000275. The maximum Gasteiger partial charge on any atom is 0.224 e. The van der Waals surface area contributed by atoms with Crippen molar-refractivity contribution in [2.24, 2.45) is 0 Å². The number of hydrogen-bond donors (Lipinski definition) is 1. The van der Waals surface area contributed by atoms with Gasteiger partial charge in [-0.1, -0.05) is 11.6 Å². The number of halogens is 3. The summed E-state index contributed by atoms with van der Waals surface area (Å²) in [7, 11) is 0. The van der Waals surface area contributed by atoms with Crippen molar-refractivity contribution in [3.8, 4) is 5.82 Å². The molecule has 0 saturated carbocycles. The second-order valence-electron chi connectivity index (χ2n) is 4.80. The average molecular weight is 398 g/mol. The summed E-state index contributed by atoms with van der Waals surface area (Å²) >= 11 is 11.1. The summed E-state index contributed by atoms with van der Waals surface area (Å²) in [4.78, 5) is 26.4. The van der Waals surface area contributed by atoms with E-state index in [0.717, 1.165) is 11.5 Å². The van der Waals surface area contributed by atoms with Crippen molar-refractivity contribution in [2.75, 3.05) is 12.1 Å². The molecular weight excluding hydrogens is 384 g/mol. The molecule has 7 nitrogen and oxygen atoms in total. The van der Waals surface area contributed by atoms with Crippen molar-refractivity contribution in [3.63, 3.8) is 0 Å². The van der Waals surface area contributed by atoms with Crippen molar-refractivity contribution in [1.82, 2.24) is 19.5 Å². The Labute approximate surface area is 158 Å². The van der Waals surface area contributed by atoms with E-state index in [9.17, 15) is 9.18 Å². The van der Waals surface area contributed by atoms with Gasteiger partial charge in [0.1, 0.15) is 30.9 Å². The summed E-state index contributed by atoms with van der Waals surface area (Å²) in [6, 6.07) is 5.79. The van der Waals surface area contributed by atoms with Gasteiger partial charge in [0.15, 0.2) is 0 Å². The van der Waals surface area contributed by atoms with Crippen molar-refractivity contribution >= 4 is 35.2 Å². The lowest BCUT2D eigenvalue weighted by Crippen LogP contribution is -2.03. The molecular formula is C16H14Cl2FN5O2. The van der Waals surface area contributed by atoms with Crippen LogP contribution in [-0.2, 0) is 9.63 Å². The molecule has 0 unspecified atom stereocenters. The predicted octanol–water partition coefficient (Wildman–Crippen LogP) is 3.65. The van der Waals surface area contributed by atoms with Gasteiger partial charge in [-0.25, -0.2) is 14.4 Å². The molecule has 3 rings (SSSR count). The van der Waals surface area contributed by atoms with Crippen LogP contribution in [0.25, 0.3) is 5.82 Å². The van der Waals surface area contributed by atoms with Gasteiger partial charge in [0.05, 0.1) is 10.7 Å². The Bertz CT molecular complexity index is 875. The second-order valence-corrected chi connectivity index (χ2v) is 5.54. The number of aryl methyl sites for hydroxylation is 1. The van der Waals surface area contributed by atoms with E-state index in [2.05, 4.69) is 25.3 Å². The third-order valence-corrected chi connectivity index (χ3v) is 3.41. The highest BCUT2D eigenvalue weighted by molar-refractivity contribution is 6.31. The van der Waals surface area contributed by atoms with Gasteiger partial charge in [0.2, 0.25) is 5.28 Å². The van der Waals surface area contributed by atoms with E-state index in [1.807, 2.05) is 11.5 Å². The number of rotatable bonds is 5. The van der Waals surface area contributed by atoms with Gasteiger partial charge in [-0.3, -0.25) is 14.9 Å². The smallest absolute Gasteiger partial charge is 0.224 e. The molecule has 0 aliphatic heterocycles. The topological polar surface area (TPSA) is 81.9 Å². The van der Waals surface area contributed by atoms with Crippen molar-refractivity contribution in [2.45, 2.75) is 6.92 Å². The van der Waals surface area contributed by atoms with Gasteiger partial charge >= 0.3 is 0 Å². The quantitative estimate of drug-likeness (QED) is 0.306. The number of benzene rings is 1. The normalized spacial score (nSPS) is 10.0. The van der Waals surface area contributed by atoms with Crippen LogP contribution in [-0.4, -0.2) is 32.4 Å². The predicted molar refractivity (Wildman–Crippen MR) is 95.9 cm³/mol. The number of hydrogen-bond acceptors (Lipinski definition) is 6. The van der Waals surface area contributed by atoms with Crippen molar-refractivity contribution in [3.05, 3.63) is 64.8 Å². The molecule has 0 radical (unpaired) electrons. The van der Waals surface area contributed by atoms with Crippen LogP contribution in [0.1, 0.15) is 5.69 Å². The Hall–Kier alpha value is -2.55. The van der Waals surface area contributed by atoms with Crippen LogP contribution < -0.4 is 5.48 Å². The maximum absolute atomic E-state index is 12.6. The van der Waals surface area contributed by atoms with Crippen molar-refractivity contribution in [1.29, 1.82) is 0 Å². The Kier molecular flexibility index (Phi) is 7.46. The molecule has 0 bridgehead atoms. The zero-order valence-electron chi connectivity index (χ0n) is 13.6. The summed E-state index contributed by atoms with van der Waals surface area (Å²) < 4.78 is 14.5. The van der Waals surface area contributed by atoms with Gasteiger partial charge < -0.3 is 4.79 Å². The molecule has 1 aromatic carbocycles. The molecule has 3 aromatic rings. The monoisotopic (exact) mass is 397 g/mol. The summed E-state index contributed by atoms with van der Waals surface area (Å²) in [6.45, 7) is 1.87.